The Labute approximate surface area is 143 Å². The van der Waals surface area contributed by atoms with Crippen molar-refractivity contribution in [3.05, 3.63) is 54.1 Å². The summed E-state index contributed by atoms with van der Waals surface area (Å²) in [5.74, 6) is 1.66. The van der Waals surface area contributed by atoms with Crippen molar-refractivity contribution in [1.82, 2.24) is 4.90 Å². The van der Waals surface area contributed by atoms with E-state index in [0.717, 1.165) is 36.8 Å². The number of para-hydroxylation sites is 2. The SMILES string of the molecule is CCN(Cc1cccc(N)c1)CC1COc2ccccc2O1.Cl. The molecule has 3 rings (SSSR count). The first-order valence-electron chi connectivity index (χ1n) is 7.70. The quantitative estimate of drug-likeness (QED) is 0.852. The van der Waals surface area contributed by atoms with Crippen LogP contribution in [0.2, 0.25) is 0 Å². The van der Waals surface area contributed by atoms with E-state index in [0.29, 0.717) is 6.61 Å². The molecule has 0 saturated carbocycles. The van der Waals surface area contributed by atoms with Gasteiger partial charge in [-0.2, -0.15) is 0 Å². The second-order valence-corrected chi connectivity index (χ2v) is 5.57. The number of hydrogen-bond acceptors (Lipinski definition) is 4. The fourth-order valence-electron chi connectivity index (χ4n) is 2.70. The van der Waals surface area contributed by atoms with Crippen molar-refractivity contribution < 1.29 is 9.47 Å². The van der Waals surface area contributed by atoms with Crippen LogP contribution in [-0.2, 0) is 6.54 Å². The lowest BCUT2D eigenvalue weighted by Crippen LogP contribution is -2.40. The number of halogens is 1. The maximum atomic E-state index is 6.03. The second kappa shape index (κ2) is 8.09. The van der Waals surface area contributed by atoms with E-state index in [-0.39, 0.29) is 18.5 Å². The van der Waals surface area contributed by atoms with Gasteiger partial charge in [0.2, 0.25) is 0 Å². The van der Waals surface area contributed by atoms with Gasteiger partial charge in [0, 0.05) is 18.8 Å². The minimum absolute atomic E-state index is 0. The van der Waals surface area contributed by atoms with Gasteiger partial charge in [0.05, 0.1) is 0 Å². The fraction of sp³-hybridized carbons (Fsp3) is 0.333. The van der Waals surface area contributed by atoms with E-state index in [9.17, 15) is 0 Å². The van der Waals surface area contributed by atoms with Crippen LogP contribution in [0.1, 0.15) is 12.5 Å². The molecular formula is C18H23ClN2O2. The zero-order valence-corrected chi connectivity index (χ0v) is 14.1. The van der Waals surface area contributed by atoms with Crippen molar-refractivity contribution in [3.8, 4) is 11.5 Å². The van der Waals surface area contributed by atoms with Gasteiger partial charge in [-0.05, 0) is 36.4 Å². The number of fused-ring (bicyclic) bond motifs is 1. The van der Waals surface area contributed by atoms with Gasteiger partial charge in [-0.3, -0.25) is 4.90 Å². The molecular weight excluding hydrogens is 312 g/mol. The zero-order chi connectivity index (χ0) is 15.4. The van der Waals surface area contributed by atoms with Crippen LogP contribution in [-0.4, -0.2) is 30.7 Å². The van der Waals surface area contributed by atoms with Gasteiger partial charge in [-0.1, -0.05) is 31.2 Å². The lowest BCUT2D eigenvalue weighted by atomic mass is 10.2. The van der Waals surface area contributed by atoms with Crippen LogP contribution in [0.25, 0.3) is 0 Å². The maximum absolute atomic E-state index is 6.03. The van der Waals surface area contributed by atoms with Gasteiger partial charge in [-0.15, -0.1) is 12.4 Å². The Hall–Kier alpha value is -1.91. The summed E-state index contributed by atoms with van der Waals surface area (Å²) in [6, 6.07) is 15.9. The van der Waals surface area contributed by atoms with Crippen LogP contribution in [0.3, 0.4) is 0 Å². The van der Waals surface area contributed by atoms with Gasteiger partial charge < -0.3 is 15.2 Å². The highest BCUT2D eigenvalue weighted by atomic mass is 35.5. The van der Waals surface area contributed by atoms with Gasteiger partial charge in [0.25, 0.3) is 0 Å². The summed E-state index contributed by atoms with van der Waals surface area (Å²) in [6.45, 7) is 5.40. The summed E-state index contributed by atoms with van der Waals surface area (Å²) < 4.78 is 11.8. The molecule has 1 aliphatic rings. The summed E-state index contributed by atoms with van der Waals surface area (Å²) in [7, 11) is 0. The standard InChI is InChI=1S/C18H22N2O2.ClH/c1-2-20(11-14-6-5-7-15(19)10-14)12-16-13-21-17-8-3-4-9-18(17)22-16;/h3-10,16H,2,11-13,19H2,1H3;1H. The smallest absolute Gasteiger partial charge is 0.161 e. The largest absolute Gasteiger partial charge is 0.486 e. The van der Waals surface area contributed by atoms with Crippen molar-refractivity contribution >= 4 is 18.1 Å². The Morgan fingerprint density at radius 1 is 1.13 bits per heavy atom. The molecule has 4 nitrogen and oxygen atoms in total. The van der Waals surface area contributed by atoms with Crippen LogP contribution in [0.4, 0.5) is 5.69 Å². The first-order chi connectivity index (χ1) is 10.7. The summed E-state index contributed by atoms with van der Waals surface area (Å²) in [6.07, 6.45) is 0.0518. The zero-order valence-electron chi connectivity index (χ0n) is 13.3. The molecule has 0 fully saturated rings. The number of benzene rings is 2. The number of nitrogen functional groups attached to an aromatic ring is 1. The average Bonchev–Trinajstić information content (AvgIpc) is 2.54. The van der Waals surface area contributed by atoms with Crippen LogP contribution in [0.5, 0.6) is 11.5 Å². The summed E-state index contributed by atoms with van der Waals surface area (Å²) in [5.41, 5.74) is 7.88. The van der Waals surface area contributed by atoms with E-state index >= 15 is 0 Å². The minimum Gasteiger partial charge on any atom is -0.486 e. The lowest BCUT2D eigenvalue weighted by Gasteiger charge is -2.30. The molecule has 2 aromatic rings. The Bertz CT molecular complexity index is 636. The van der Waals surface area contributed by atoms with E-state index in [1.165, 1.54) is 5.56 Å². The van der Waals surface area contributed by atoms with Gasteiger partial charge in [0.15, 0.2) is 11.5 Å². The molecule has 0 aliphatic carbocycles. The molecule has 0 amide bonds. The van der Waals surface area contributed by atoms with Crippen LogP contribution >= 0.6 is 12.4 Å². The molecule has 2 aromatic carbocycles. The molecule has 1 aliphatic heterocycles. The molecule has 1 unspecified atom stereocenters. The van der Waals surface area contributed by atoms with Crippen molar-refractivity contribution in [2.24, 2.45) is 0 Å². The number of ether oxygens (including phenoxy) is 2. The summed E-state index contributed by atoms with van der Waals surface area (Å²) in [4.78, 5) is 2.34. The van der Waals surface area contributed by atoms with Crippen molar-refractivity contribution in [2.45, 2.75) is 19.6 Å². The van der Waals surface area contributed by atoms with Gasteiger partial charge in [0.1, 0.15) is 12.7 Å². The van der Waals surface area contributed by atoms with E-state index < -0.39 is 0 Å². The predicted molar refractivity (Wildman–Crippen MR) is 95.4 cm³/mol. The molecule has 0 aromatic heterocycles. The Kier molecular flexibility index (Phi) is 6.13. The normalized spacial score (nSPS) is 16.0. The molecule has 0 spiro atoms. The monoisotopic (exact) mass is 334 g/mol. The molecule has 1 atom stereocenters. The highest BCUT2D eigenvalue weighted by molar-refractivity contribution is 5.85. The molecule has 2 N–H and O–H groups in total. The molecule has 0 saturated heterocycles. The third-order valence-corrected chi connectivity index (χ3v) is 3.83. The second-order valence-electron chi connectivity index (χ2n) is 5.57. The third kappa shape index (κ3) is 4.53. The number of anilines is 1. The molecule has 1 heterocycles. The number of nitrogens with two attached hydrogens (primary N) is 1. The van der Waals surface area contributed by atoms with Gasteiger partial charge >= 0.3 is 0 Å². The minimum atomic E-state index is 0. The topological polar surface area (TPSA) is 47.7 Å². The Balaban J connectivity index is 0.00000192. The van der Waals surface area contributed by atoms with Crippen molar-refractivity contribution in [1.29, 1.82) is 0 Å². The predicted octanol–water partition coefficient (Wildman–Crippen LogP) is 3.35. The third-order valence-electron chi connectivity index (χ3n) is 3.83. The van der Waals surface area contributed by atoms with Crippen LogP contribution in [0.15, 0.2) is 48.5 Å². The number of hydrogen-bond donors (Lipinski definition) is 1. The average molecular weight is 335 g/mol. The summed E-state index contributed by atoms with van der Waals surface area (Å²) >= 11 is 0. The van der Waals surface area contributed by atoms with Crippen molar-refractivity contribution in [2.75, 3.05) is 25.4 Å². The fourth-order valence-corrected chi connectivity index (χ4v) is 2.70. The lowest BCUT2D eigenvalue weighted by molar-refractivity contribution is 0.0580. The maximum Gasteiger partial charge on any atom is 0.161 e. The number of nitrogens with zero attached hydrogens (tertiary/aromatic N) is 1. The van der Waals surface area contributed by atoms with Crippen LogP contribution < -0.4 is 15.2 Å². The highest BCUT2D eigenvalue weighted by Crippen LogP contribution is 2.31. The number of likely N-dealkylation sites (N-methyl/N-ethyl adjacent to an activating group) is 1. The first kappa shape index (κ1) is 17.4. The van der Waals surface area contributed by atoms with E-state index in [2.05, 4.69) is 17.9 Å². The molecule has 23 heavy (non-hydrogen) atoms. The molecule has 0 bridgehead atoms. The summed E-state index contributed by atoms with van der Waals surface area (Å²) in [5, 5.41) is 0. The highest BCUT2D eigenvalue weighted by Gasteiger charge is 2.22. The Morgan fingerprint density at radius 3 is 2.65 bits per heavy atom. The van der Waals surface area contributed by atoms with E-state index in [1.807, 2.05) is 42.5 Å². The van der Waals surface area contributed by atoms with Gasteiger partial charge in [-0.25, -0.2) is 0 Å². The number of rotatable bonds is 5. The first-order valence-corrected chi connectivity index (χ1v) is 7.70. The van der Waals surface area contributed by atoms with Crippen LogP contribution in [0, 0.1) is 0 Å². The Morgan fingerprint density at radius 2 is 1.91 bits per heavy atom. The van der Waals surface area contributed by atoms with E-state index in [1.54, 1.807) is 0 Å². The van der Waals surface area contributed by atoms with E-state index in [4.69, 9.17) is 15.2 Å². The molecule has 5 heteroatoms. The molecule has 124 valence electrons. The molecule has 0 radical (unpaired) electrons. The van der Waals surface area contributed by atoms with Crippen molar-refractivity contribution in [3.63, 3.8) is 0 Å².